The number of hydrogen-bond donors (Lipinski definition) is 0. The van der Waals surface area contributed by atoms with Crippen LogP contribution in [0.1, 0.15) is 16.8 Å². The predicted molar refractivity (Wildman–Crippen MR) is 93.0 cm³/mol. The van der Waals surface area contributed by atoms with Gasteiger partial charge in [-0.05, 0) is 30.3 Å². The summed E-state index contributed by atoms with van der Waals surface area (Å²) in [5, 5.41) is 1.03. The van der Waals surface area contributed by atoms with Crippen molar-refractivity contribution in [2.75, 3.05) is 13.1 Å². The predicted octanol–water partition coefficient (Wildman–Crippen LogP) is 3.81. The third-order valence-corrected chi connectivity index (χ3v) is 4.46. The molecule has 4 rings (SSSR count). The van der Waals surface area contributed by atoms with E-state index in [1.54, 1.807) is 4.90 Å². The van der Waals surface area contributed by atoms with Crippen molar-refractivity contribution in [1.29, 1.82) is 0 Å². The summed E-state index contributed by atoms with van der Waals surface area (Å²) in [6, 6.07) is 14.7. The molecule has 1 amide bonds. The smallest absolute Gasteiger partial charge is 0.254 e. The van der Waals surface area contributed by atoms with Crippen LogP contribution in [0, 0.1) is 11.6 Å². The Morgan fingerprint density at radius 3 is 2.77 bits per heavy atom. The van der Waals surface area contributed by atoms with E-state index in [1.165, 1.54) is 6.07 Å². The normalized spacial score (nSPS) is 16.8. The first-order chi connectivity index (χ1) is 12.6. The van der Waals surface area contributed by atoms with Crippen molar-refractivity contribution in [3.05, 3.63) is 71.8 Å². The number of aromatic nitrogens is 1. The standard InChI is InChI=1S/C20H16F2N2O2/c21-16-7-5-14(11-17(16)22)20(25)24-10-9-15(12-24)26-19-8-6-13-3-1-2-4-18(13)23-19/h1-8,11,15H,9-10,12H2. The number of carbonyl (C=O) groups is 1. The molecule has 4 nitrogen and oxygen atoms in total. The molecule has 132 valence electrons. The minimum Gasteiger partial charge on any atom is -0.472 e. The van der Waals surface area contributed by atoms with Gasteiger partial charge in [-0.2, -0.15) is 0 Å². The second kappa shape index (κ2) is 6.71. The second-order valence-electron chi connectivity index (χ2n) is 6.25. The maximum Gasteiger partial charge on any atom is 0.254 e. The van der Waals surface area contributed by atoms with Crippen molar-refractivity contribution in [2.45, 2.75) is 12.5 Å². The van der Waals surface area contributed by atoms with E-state index in [9.17, 15) is 13.6 Å². The number of halogens is 2. The molecule has 6 heteroatoms. The van der Waals surface area contributed by atoms with E-state index in [0.29, 0.717) is 25.4 Å². The van der Waals surface area contributed by atoms with Crippen LogP contribution in [-0.2, 0) is 0 Å². The summed E-state index contributed by atoms with van der Waals surface area (Å²) in [5.41, 5.74) is 0.978. The molecular formula is C20H16F2N2O2. The van der Waals surface area contributed by atoms with E-state index < -0.39 is 11.6 Å². The average molecular weight is 354 g/mol. The van der Waals surface area contributed by atoms with Crippen LogP contribution in [0.15, 0.2) is 54.6 Å². The van der Waals surface area contributed by atoms with Gasteiger partial charge in [0.2, 0.25) is 5.88 Å². The summed E-state index contributed by atoms with van der Waals surface area (Å²) in [7, 11) is 0. The largest absolute Gasteiger partial charge is 0.472 e. The number of fused-ring (bicyclic) bond motifs is 1. The van der Waals surface area contributed by atoms with Crippen LogP contribution in [0.4, 0.5) is 8.78 Å². The van der Waals surface area contributed by atoms with Crippen LogP contribution in [-0.4, -0.2) is 35.0 Å². The Labute approximate surface area is 149 Å². The molecule has 0 bridgehead atoms. The number of nitrogens with zero attached hydrogens (tertiary/aromatic N) is 2. The molecule has 0 saturated carbocycles. The van der Waals surface area contributed by atoms with Crippen molar-refractivity contribution < 1.29 is 18.3 Å². The molecule has 1 aliphatic heterocycles. The zero-order chi connectivity index (χ0) is 18.1. The molecule has 0 spiro atoms. The van der Waals surface area contributed by atoms with Gasteiger partial charge >= 0.3 is 0 Å². The number of carbonyl (C=O) groups excluding carboxylic acids is 1. The molecule has 2 heterocycles. The van der Waals surface area contributed by atoms with Crippen LogP contribution >= 0.6 is 0 Å². The molecule has 1 saturated heterocycles. The van der Waals surface area contributed by atoms with Crippen LogP contribution in [0.25, 0.3) is 10.9 Å². The van der Waals surface area contributed by atoms with Gasteiger partial charge in [0.05, 0.1) is 12.1 Å². The molecule has 1 fully saturated rings. The molecule has 0 aliphatic carbocycles. The molecule has 3 aromatic rings. The topological polar surface area (TPSA) is 42.4 Å². The van der Waals surface area contributed by atoms with E-state index in [2.05, 4.69) is 4.98 Å². The van der Waals surface area contributed by atoms with Crippen molar-refractivity contribution in [3.63, 3.8) is 0 Å². The molecule has 1 unspecified atom stereocenters. The summed E-state index contributed by atoms with van der Waals surface area (Å²) in [6.45, 7) is 0.877. The van der Waals surface area contributed by atoms with Crippen molar-refractivity contribution in [1.82, 2.24) is 9.88 Å². The van der Waals surface area contributed by atoms with E-state index in [1.807, 2.05) is 36.4 Å². The molecular weight excluding hydrogens is 338 g/mol. The van der Waals surface area contributed by atoms with E-state index >= 15 is 0 Å². The minimum absolute atomic E-state index is 0.133. The maximum atomic E-state index is 13.3. The van der Waals surface area contributed by atoms with E-state index in [4.69, 9.17) is 4.74 Å². The zero-order valence-electron chi connectivity index (χ0n) is 13.9. The fraction of sp³-hybridized carbons (Fsp3) is 0.200. The van der Waals surface area contributed by atoms with Gasteiger partial charge in [-0.1, -0.05) is 18.2 Å². The molecule has 1 aromatic heterocycles. The fourth-order valence-electron chi connectivity index (χ4n) is 3.10. The monoisotopic (exact) mass is 354 g/mol. The lowest BCUT2D eigenvalue weighted by Gasteiger charge is -2.17. The number of rotatable bonds is 3. The lowest BCUT2D eigenvalue weighted by molar-refractivity contribution is 0.0770. The van der Waals surface area contributed by atoms with Gasteiger partial charge in [0, 0.05) is 30.0 Å². The third-order valence-electron chi connectivity index (χ3n) is 4.46. The Kier molecular flexibility index (Phi) is 4.24. The highest BCUT2D eigenvalue weighted by Gasteiger charge is 2.29. The Hall–Kier alpha value is -3.02. The second-order valence-corrected chi connectivity index (χ2v) is 6.25. The first-order valence-corrected chi connectivity index (χ1v) is 8.37. The number of para-hydroxylation sites is 1. The van der Waals surface area contributed by atoms with Crippen molar-refractivity contribution >= 4 is 16.8 Å². The lowest BCUT2D eigenvalue weighted by atomic mass is 10.2. The number of pyridine rings is 1. The van der Waals surface area contributed by atoms with Crippen molar-refractivity contribution in [3.8, 4) is 5.88 Å². The molecule has 0 radical (unpaired) electrons. The van der Waals surface area contributed by atoms with Gasteiger partial charge in [0.1, 0.15) is 6.10 Å². The molecule has 1 aliphatic rings. The zero-order valence-corrected chi connectivity index (χ0v) is 13.9. The van der Waals surface area contributed by atoms with Gasteiger partial charge in [-0.15, -0.1) is 0 Å². The van der Waals surface area contributed by atoms with Gasteiger partial charge in [0.25, 0.3) is 5.91 Å². The van der Waals surface area contributed by atoms with Crippen LogP contribution < -0.4 is 4.74 Å². The number of benzene rings is 2. The number of amides is 1. The number of likely N-dealkylation sites (tertiary alicyclic amines) is 1. The highest BCUT2D eigenvalue weighted by atomic mass is 19.2. The highest BCUT2D eigenvalue weighted by Crippen LogP contribution is 2.21. The van der Waals surface area contributed by atoms with E-state index in [-0.39, 0.29) is 17.6 Å². The van der Waals surface area contributed by atoms with Gasteiger partial charge < -0.3 is 9.64 Å². The van der Waals surface area contributed by atoms with Crippen LogP contribution in [0.5, 0.6) is 5.88 Å². The van der Waals surface area contributed by atoms with Gasteiger partial charge in [-0.25, -0.2) is 13.8 Å². The highest BCUT2D eigenvalue weighted by molar-refractivity contribution is 5.94. The Morgan fingerprint density at radius 1 is 1.08 bits per heavy atom. The lowest BCUT2D eigenvalue weighted by Crippen LogP contribution is -2.31. The Balaban J connectivity index is 1.44. The third kappa shape index (κ3) is 3.22. The number of ether oxygens (including phenoxy) is 1. The van der Waals surface area contributed by atoms with Gasteiger partial charge in [0.15, 0.2) is 11.6 Å². The number of hydrogen-bond acceptors (Lipinski definition) is 3. The molecule has 0 N–H and O–H groups in total. The summed E-state index contributed by atoms with van der Waals surface area (Å²) < 4.78 is 32.3. The molecule has 26 heavy (non-hydrogen) atoms. The average Bonchev–Trinajstić information content (AvgIpc) is 3.12. The first kappa shape index (κ1) is 16.4. The molecule has 1 atom stereocenters. The summed E-state index contributed by atoms with van der Waals surface area (Å²) in [4.78, 5) is 18.5. The summed E-state index contributed by atoms with van der Waals surface area (Å²) in [5.74, 6) is -1.81. The fourth-order valence-corrected chi connectivity index (χ4v) is 3.10. The van der Waals surface area contributed by atoms with E-state index in [0.717, 1.165) is 23.0 Å². The maximum absolute atomic E-state index is 13.3. The quantitative estimate of drug-likeness (QED) is 0.718. The summed E-state index contributed by atoms with van der Waals surface area (Å²) in [6.07, 6.45) is 0.474. The Morgan fingerprint density at radius 2 is 1.92 bits per heavy atom. The summed E-state index contributed by atoms with van der Waals surface area (Å²) >= 11 is 0. The SMILES string of the molecule is O=C(c1ccc(F)c(F)c1)N1CCC(Oc2ccc3ccccc3n2)C1. The van der Waals surface area contributed by atoms with Crippen LogP contribution in [0.2, 0.25) is 0 Å². The minimum atomic E-state index is -1.02. The first-order valence-electron chi connectivity index (χ1n) is 8.37. The molecule has 2 aromatic carbocycles. The van der Waals surface area contributed by atoms with Gasteiger partial charge in [-0.3, -0.25) is 4.79 Å². The Bertz CT molecular complexity index is 977. The van der Waals surface area contributed by atoms with Crippen molar-refractivity contribution in [2.24, 2.45) is 0 Å². The van der Waals surface area contributed by atoms with Crippen LogP contribution in [0.3, 0.4) is 0 Å².